The molecule has 2 aromatic carbocycles. The van der Waals surface area contributed by atoms with Gasteiger partial charge in [0.1, 0.15) is 0 Å². The maximum atomic E-state index is 14.2. The smallest absolute Gasteiger partial charge is 0.434 e. The number of nitrogens with zero attached hydrogens (tertiary/aromatic N) is 2. The molecule has 4 rings (SSSR count). The van der Waals surface area contributed by atoms with Gasteiger partial charge in [-0.1, -0.05) is 35.1 Å². The zero-order valence-electron chi connectivity index (χ0n) is 20.8. The molecule has 2 heterocycles. The fourth-order valence-corrected chi connectivity index (χ4v) is 6.06. The van der Waals surface area contributed by atoms with Gasteiger partial charge < -0.3 is 14.2 Å². The maximum absolute atomic E-state index is 14.2. The standard InChI is InChI=1S/C26H21ClF3IN2O5S/c1-4-37-17-11-13(10-16(31)21(17)36-3)12-18-23(34)33-20(14-6-8-15(27)9-7-14)19(24(35)38-5-2)22(26(28,29)30)32-25(33)39-18/h6-12,20H,4-5H2,1-3H3/b18-12-/t20-/m1/s1. The Balaban J connectivity index is 2.02. The van der Waals surface area contributed by atoms with Crippen LogP contribution in [-0.2, 0) is 9.53 Å². The number of aromatic nitrogens is 1. The molecule has 0 saturated heterocycles. The largest absolute Gasteiger partial charge is 0.492 e. The number of carbonyl (C=O) groups excluding carboxylic acids is 1. The van der Waals surface area contributed by atoms with Crippen molar-refractivity contribution in [3.8, 4) is 11.5 Å². The normalized spacial score (nSPS) is 15.6. The highest BCUT2D eigenvalue weighted by atomic mass is 127. The number of esters is 1. The van der Waals surface area contributed by atoms with Crippen molar-refractivity contribution in [1.82, 2.24) is 4.57 Å². The van der Waals surface area contributed by atoms with Crippen LogP contribution in [0.3, 0.4) is 0 Å². The monoisotopic (exact) mass is 692 g/mol. The summed E-state index contributed by atoms with van der Waals surface area (Å²) in [4.78, 5) is 30.2. The van der Waals surface area contributed by atoms with E-state index in [9.17, 15) is 22.8 Å². The van der Waals surface area contributed by atoms with Crippen molar-refractivity contribution in [1.29, 1.82) is 0 Å². The summed E-state index contributed by atoms with van der Waals surface area (Å²) in [7, 11) is 1.51. The van der Waals surface area contributed by atoms with Crippen molar-refractivity contribution in [2.45, 2.75) is 26.1 Å². The van der Waals surface area contributed by atoms with Gasteiger partial charge in [-0.25, -0.2) is 9.79 Å². The second-order valence-corrected chi connectivity index (χ2v) is 10.7. The third kappa shape index (κ3) is 5.87. The number of carbonyl (C=O) groups is 1. The number of methoxy groups -OCH3 is 1. The van der Waals surface area contributed by atoms with Crippen molar-refractivity contribution >= 4 is 57.6 Å². The van der Waals surface area contributed by atoms with Crippen LogP contribution >= 0.6 is 45.5 Å². The number of ether oxygens (including phenoxy) is 3. The summed E-state index contributed by atoms with van der Waals surface area (Å²) in [5.74, 6) is -0.240. The quantitative estimate of drug-likeness (QED) is 0.257. The lowest BCUT2D eigenvalue weighted by Crippen LogP contribution is -2.41. The number of hydrogen-bond acceptors (Lipinski definition) is 7. The Bertz CT molecular complexity index is 1630. The number of alkyl halides is 3. The third-order valence-electron chi connectivity index (χ3n) is 5.61. The Morgan fingerprint density at radius 1 is 1.21 bits per heavy atom. The van der Waals surface area contributed by atoms with Gasteiger partial charge >= 0.3 is 12.1 Å². The first-order valence-electron chi connectivity index (χ1n) is 11.6. The van der Waals surface area contributed by atoms with E-state index in [1.165, 1.54) is 44.4 Å². The number of hydrogen-bond donors (Lipinski definition) is 0. The third-order valence-corrected chi connectivity index (χ3v) is 7.65. The number of thiazole rings is 1. The Labute approximate surface area is 243 Å². The van der Waals surface area contributed by atoms with Crippen molar-refractivity contribution < 1.29 is 32.2 Å². The van der Waals surface area contributed by atoms with Crippen molar-refractivity contribution in [3.63, 3.8) is 0 Å². The Morgan fingerprint density at radius 2 is 1.90 bits per heavy atom. The van der Waals surface area contributed by atoms with Gasteiger partial charge in [-0.05, 0) is 77.9 Å². The fraction of sp³-hybridized carbons (Fsp3) is 0.269. The molecule has 1 aliphatic rings. The maximum Gasteiger partial charge on any atom is 0.434 e. The fourth-order valence-electron chi connectivity index (χ4n) is 4.08. The van der Waals surface area contributed by atoms with Crippen LogP contribution in [0.15, 0.2) is 57.5 Å². The van der Waals surface area contributed by atoms with Gasteiger partial charge in [-0.3, -0.25) is 9.36 Å². The molecule has 3 aromatic rings. The van der Waals surface area contributed by atoms with Crippen molar-refractivity contribution in [2.75, 3.05) is 20.3 Å². The summed E-state index contributed by atoms with van der Waals surface area (Å²) in [5.41, 5.74) is -2.00. The van der Waals surface area contributed by atoms with Gasteiger partial charge in [0.25, 0.3) is 5.56 Å². The van der Waals surface area contributed by atoms with E-state index >= 15 is 0 Å². The predicted molar refractivity (Wildman–Crippen MR) is 149 cm³/mol. The van der Waals surface area contributed by atoms with Gasteiger partial charge in [0.2, 0.25) is 0 Å². The van der Waals surface area contributed by atoms with Crippen LogP contribution < -0.4 is 24.4 Å². The molecule has 1 aliphatic heterocycles. The van der Waals surface area contributed by atoms with E-state index in [1.807, 2.05) is 6.92 Å². The summed E-state index contributed by atoms with van der Waals surface area (Å²) in [6.07, 6.45) is -3.45. The molecule has 206 valence electrons. The minimum atomic E-state index is -4.99. The molecule has 1 atom stereocenters. The number of rotatable bonds is 7. The highest BCUT2D eigenvalue weighted by Crippen LogP contribution is 2.38. The van der Waals surface area contributed by atoms with Crippen LogP contribution in [0, 0.1) is 3.57 Å². The molecule has 0 saturated carbocycles. The van der Waals surface area contributed by atoms with Crippen molar-refractivity contribution in [3.05, 3.63) is 87.1 Å². The van der Waals surface area contributed by atoms with Gasteiger partial charge in [0.05, 0.1) is 40.0 Å². The molecule has 0 aliphatic carbocycles. The van der Waals surface area contributed by atoms with E-state index in [-0.39, 0.29) is 21.5 Å². The summed E-state index contributed by atoms with van der Waals surface area (Å²) in [6, 6.07) is 7.85. The van der Waals surface area contributed by atoms with E-state index in [4.69, 9.17) is 25.8 Å². The zero-order chi connectivity index (χ0) is 28.5. The molecular formula is C26H21ClF3IN2O5S. The molecule has 0 spiro atoms. The first kappa shape index (κ1) is 29.2. The van der Waals surface area contributed by atoms with E-state index in [0.29, 0.717) is 32.3 Å². The van der Waals surface area contributed by atoms with E-state index in [0.717, 1.165) is 15.9 Å². The highest BCUT2D eigenvalue weighted by Gasteiger charge is 2.45. The molecule has 0 unspecified atom stereocenters. The van der Waals surface area contributed by atoms with E-state index in [2.05, 4.69) is 27.6 Å². The minimum absolute atomic E-state index is 0.114. The second-order valence-electron chi connectivity index (χ2n) is 8.08. The molecule has 1 aromatic heterocycles. The number of allylic oxidation sites excluding steroid dienone is 1. The molecule has 0 fully saturated rings. The summed E-state index contributed by atoms with van der Waals surface area (Å²) in [5, 5.41) is 0.336. The van der Waals surface area contributed by atoms with Crippen LogP contribution in [0.4, 0.5) is 13.2 Å². The van der Waals surface area contributed by atoms with E-state index < -0.39 is 35.0 Å². The van der Waals surface area contributed by atoms with Gasteiger partial charge in [0.15, 0.2) is 22.0 Å². The van der Waals surface area contributed by atoms with Gasteiger partial charge in [0, 0.05) is 5.02 Å². The molecular weight excluding hydrogens is 672 g/mol. The molecule has 0 N–H and O–H groups in total. The lowest BCUT2D eigenvalue weighted by molar-refractivity contribution is -0.140. The minimum Gasteiger partial charge on any atom is -0.492 e. The molecule has 0 amide bonds. The number of fused-ring (bicyclic) bond motifs is 1. The average Bonchev–Trinajstić information content (AvgIpc) is 3.18. The second kappa shape index (κ2) is 11.7. The first-order valence-corrected chi connectivity index (χ1v) is 13.8. The summed E-state index contributed by atoms with van der Waals surface area (Å²) in [6.45, 7) is 3.50. The molecule has 0 bridgehead atoms. The molecule has 13 heteroatoms. The number of halogens is 5. The van der Waals surface area contributed by atoms with Crippen LogP contribution in [0.2, 0.25) is 5.02 Å². The van der Waals surface area contributed by atoms with Crippen LogP contribution in [0.1, 0.15) is 31.0 Å². The number of benzene rings is 2. The topological polar surface area (TPSA) is 79.1 Å². The molecule has 7 nitrogen and oxygen atoms in total. The Morgan fingerprint density at radius 3 is 2.49 bits per heavy atom. The van der Waals surface area contributed by atoms with E-state index in [1.54, 1.807) is 12.1 Å². The van der Waals surface area contributed by atoms with Gasteiger partial charge in [-0.15, -0.1) is 0 Å². The van der Waals surface area contributed by atoms with Crippen LogP contribution in [-0.4, -0.2) is 37.0 Å². The Kier molecular flexibility index (Phi) is 8.76. The first-order chi connectivity index (χ1) is 18.5. The van der Waals surface area contributed by atoms with Gasteiger partial charge in [-0.2, -0.15) is 13.2 Å². The lowest BCUT2D eigenvalue weighted by Gasteiger charge is -2.26. The molecule has 39 heavy (non-hydrogen) atoms. The molecule has 0 radical (unpaired) electrons. The summed E-state index contributed by atoms with van der Waals surface area (Å²) < 4.78 is 60.6. The SMILES string of the molecule is CCOC(=O)C1=C(C(F)(F)F)N=c2s/c(=C\c3cc(I)c(OC)c(OCC)c3)c(=O)n2[C@@H]1c1ccc(Cl)cc1. The summed E-state index contributed by atoms with van der Waals surface area (Å²) >= 11 is 8.85. The van der Waals surface area contributed by atoms with Crippen LogP contribution in [0.5, 0.6) is 11.5 Å². The van der Waals surface area contributed by atoms with Crippen molar-refractivity contribution in [2.24, 2.45) is 4.99 Å². The lowest BCUT2D eigenvalue weighted by atomic mass is 9.95. The Hall–Kier alpha value is -2.84. The average molecular weight is 693 g/mol. The predicted octanol–water partition coefficient (Wildman–Crippen LogP) is 5.01. The zero-order valence-corrected chi connectivity index (χ0v) is 24.5. The highest BCUT2D eigenvalue weighted by molar-refractivity contribution is 14.1. The van der Waals surface area contributed by atoms with Crippen LogP contribution in [0.25, 0.3) is 6.08 Å².